The molecule has 0 radical (unpaired) electrons. The van der Waals surface area contributed by atoms with Crippen LogP contribution in [0.25, 0.3) is 6.08 Å². The monoisotopic (exact) mass is 131 g/mol. The van der Waals surface area contributed by atoms with E-state index in [0.29, 0.717) is 0 Å². The minimum absolute atomic E-state index is 1.15. The van der Waals surface area contributed by atoms with Gasteiger partial charge < -0.3 is 0 Å². The Balaban J connectivity index is 2.76. The summed E-state index contributed by atoms with van der Waals surface area (Å²) in [6.07, 6.45) is 9.16. The van der Waals surface area contributed by atoms with Crippen molar-refractivity contribution in [2.75, 3.05) is 0 Å². The fourth-order valence-electron chi connectivity index (χ4n) is 0.654. The highest BCUT2D eigenvalue weighted by Crippen LogP contribution is 1.97. The molecule has 0 atom stereocenters. The maximum absolute atomic E-state index is 3.89. The van der Waals surface area contributed by atoms with Crippen LogP contribution in [0.2, 0.25) is 0 Å². The van der Waals surface area contributed by atoms with E-state index in [1.807, 2.05) is 24.3 Å². The van der Waals surface area contributed by atoms with Crippen molar-refractivity contribution in [2.24, 2.45) is 0 Å². The molecule has 1 heterocycles. The van der Waals surface area contributed by atoms with Crippen LogP contribution in [0.15, 0.2) is 43.3 Å². The quantitative estimate of drug-likeness (QED) is 0.561. The molecule has 1 heteroatoms. The number of allylic oxidation sites excluding steroid dienone is 2. The van der Waals surface area contributed by atoms with Gasteiger partial charge in [0.05, 0.1) is 0 Å². The zero-order valence-corrected chi connectivity index (χ0v) is 5.70. The fourth-order valence-corrected chi connectivity index (χ4v) is 0.654. The first-order valence-corrected chi connectivity index (χ1v) is 3.12. The van der Waals surface area contributed by atoms with E-state index in [9.17, 15) is 0 Å². The van der Waals surface area contributed by atoms with Crippen LogP contribution in [0.3, 0.4) is 0 Å². The molecule has 0 fully saturated rings. The highest BCUT2D eigenvalue weighted by molar-refractivity contribution is 5.49. The SMILES string of the molecule is C=CC=Cc1ccncc1. The van der Waals surface area contributed by atoms with Crippen molar-refractivity contribution in [3.05, 3.63) is 48.8 Å². The molecular formula is C9H9N. The van der Waals surface area contributed by atoms with E-state index in [1.165, 1.54) is 0 Å². The maximum atomic E-state index is 3.89. The average molecular weight is 131 g/mol. The van der Waals surface area contributed by atoms with Crippen LogP contribution in [0.4, 0.5) is 0 Å². The summed E-state index contributed by atoms with van der Waals surface area (Å²) in [5.41, 5.74) is 1.15. The first-order chi connectivity index (χ1) is 4.93. The smallest absolute Gasteiger partial charge is 0.0273 e. The van der Waals surface area contributed by atoms with E-state index in [-0.39, 0.29) is 0 Å². The van der Waals surface area contributed by atoms with Crippen LogP contribution in [0, 0.1) is 0 Å². The Morgan fingerprint density at radius 2 is 2.00 bits per heavy atom. The minimum atomic E-state index is 1.15. The molecule has 10 heavy (non-hydrogen) atoms. The molecule has 1 rings (SSSR count). The third-order valence-corrected chi connectivity index (χ3v) is 1.13. The standard InChI is InChI=1S/C9H9N/c1-2-3-4-9-5-7-10-8-6-9/h2-8H,1H2. The third-order valence-electron chi connectivity index (χ3n) is 1.13. The number of hydrogen-bond donors (Lipinski definition) is 0. The van der Waals surface area contributed by atoms with Crippen molar-refractivity contribution < 1.29 is 0 Å². The topological polar surface area (TPSA) is 12.9 Å². The van der Waals surface area contributed by atoms with Gasteiger partial charge in [-0.3, -0.25) is 4.98 Å². The Labute approximate surface area is 60.7 Å². The Kier molecular flexibility index (Phi) is 2.44. The lowest BCUT2D eigenvalue weighted by molar-refractivity contribution is 1.32. The fraction of sp³-hybridized carbons (Fsp3) is 0. The van der Waals surface area contributed by atoms with E-state index >= 15 is 0 Å². The maximum Gasteiger partial charge on any atom is 0.0273 e. The molecule has 0 saturated heterocycles. The van der Waals surface area contributed by atoms with Crippen molar-refractivity contribution >= 4 is 6.08 Å². The number of aromatic nitrogens is 1. The normalized spacial score (nSPS) is 10.0. The molecule has 0 N–H and O–H groups in total. The molecular weight excluding hydrogens is 122 g/mol. The van der Waals surface area contributed by atoms with Crippen LogP contribution in [0.1, 0.15) is 5.56 Å². The van der Waals surface area contributed by atoms with E-state index < -0.39 is 0 Å². The summed E-state index contributed by atoms with van der Waals surface area (Å²) < 4.78 is 0. The van der Waals surface area contributed by atoms with Crippen molar-refractivity contribution in [3.63, 3.8) is 0 Å². The van der Waals surface area contributed by atoms with Gasteiger partial charge in [0.15, 0.2) is 0 Å². The summed E-state index contributed by atoms with van der Waals surface area (Å²) in [5.74, 6) is 0. The average Bonchev–Trinajstić information content (AvgIpc) is 2.03. The van der Waals surface area contributed by atoms with Gasteiger partial charge in [-0.25, -0.2) is 0 Å². The van der Waals surface area contributed by atoms with Crippen molar-refractivity contribution in [1.82, 2.24) is 4.98 Å². The van der Waals surface area contributed by atoms with Crippen LogP contribution < -0.4 is 0 Å². The number of hydrogen-bond acceptors (Lipinski definition) is 1. The largest absolute Gasteiger partial charge is 0.265 e. The van der Waals surface area contributed by atoms with Gasteiger partial charge in [-0.1, -0.05) is 24.8 Å². The van der Waals surface area contributed by atoms with Gasteiger partial charge in [-0.15, -0.1) is 0 Å². The lowest BCUT2D eigenvalue weighted by Gasteiger charge is -1.86. The van der Waals surface area contributed by atoms with E-state index in [1.54, 1.807) is 18.5 Å². The molecule has 0 aliphatic rings. The van der Waals surface area contributed by atoms with Gasteiger partial charge in [0, 0.05) is 12.4 Å². The summed E-state index contributed by atoms with van der Waals surface area (Å²) in [6.45, 7) is 3.57. The summed E-state index contributed by atoms with van der Waals surface area (Å²) >= 11 is 0. The summed E-state index contributed by atoms with van der Waals surface area (Å²) in [4.78, 5) is 3.89. The summed E-state index contributed by atoms with van der Waals surface area (Å²) in [6, 6.07) is 3.89. The molecule has 0 spiro atoms. The molecule has 50 valence electrons. The third kappa shape index (κ3) is 1.86. The van der Waals surface area contributed by atoms with E-state index in [0.717, 1.165) is 5.56 Å². The highest BCUT2D eigenvalue weighted by Gasteiger charge is 1.79. The molecule has 0 bridgehead atoms. The Hall–Kier alpha value is -1.37. The lowest BCUT2D eigenvalue weighted by atomic mass is 10.2. The van der Waals surface area contributed by atoms with Crippen molar-refractivity contribution in [1.29, 1.82) is 0 Å². The molecule has 0 amide bonds. The molecule has 0 aliphatic heterocycles. The molecule has 1 aromatic rings. The number of rotatable bonds is 2. The molecule has 0 aliphatic carbocycles. The first kappa shape index (κ1) is 6.75. The van der Waals surface area contributed by atoms with Gasteiger partial charge >= 0.3 is 0 Å². The molecule has 1 nitrogen and oxygen atoms in total. The predicted octanol–water partition coefficient (Wildman–Crippen LogP) is 2.28. The summed E-state index contributed by atoms with van der Waals surface area (Å²) in [5, 5.41) is 0. The summed E-state index contributed by atoms with van der Waals surface area (Å²) in [7, 11) is 0. The van der Waals surface area contributed by atoms with Gasteiger partial charge in [-0.2, -0.15) is 0 Å². The Bertz CT molecular complexity index is 224. The van der Waals surface area contributed by atoms with Crippen LogP contribution in [-0.4, -0.2) is 4.98 Å². The zero-order chi connectivity index (χ0) is 7.23. The van der Waals surface area contributed by atoms with E-state index in [4.69, 9.17) is 0 Å². The molecule has 1 aromatic heterocycles. The zero-order valence-electron chi connectivity index (χ0n) is 5.70. The predicted molar refractivity (Wildman–Crippen MR) is 43.5 cm³/mol. The second-order valence-electron chi connectivity index (χ2n) is 1.88. The van der Waals surface area contributed by atoms with E-state index in [2.05, 4.69) is 11.6 Å². The van der Waals surface area contributed by atoms with Crippen molar-refractivity contribution in [3.8, 4) is 0 Å². The van der Waals surface area contributed by atoms with Crippen LogP contribution >= 0.6 is 0 Å². The molecule has 0 aromatic carbocycles. The highest BCUT2D eigenvalue weighted by atomic mass is 14.6. The Morgan fingerprint density at radius 3 is 2.60 bits per heavy atom. The first-order valence-electron chi connectivity index (χ1n) is 3.12. The van der Waals surface area contributed by atoms with Gasteiger partial charge in [0.25, 0.3) is 0 Å². The van der Waals surface area contributed by atoms with Crippen LogP contribution in [0.5, 0.6) is 0 Å². The lowest BCUT2D eigenvalue weighted by Crippen LogP contribution is -1.70. The van der Waals surface area contributed by atoms with Gasteiger partial charge in [-0.05, 0) is 17.7 Å². The second kappa shape index (κ2) is 3.62. The number of pyridine rings is 1. The Morgan fingerprint density at radius 1 is 1.30 bits per heavy atom. The van der Waals surface area contributed by atoms with Gasteiger partial charge in [0.1, 0.15) is 0 Å². The van der Waals surface area contributed by atoms with Crippen LogP contribution in [-0.2, 0) is 0 Å². The van der Waals surface area contributed by atoms with Gasteiger partial charge in [0.2, 0.25) is 0 Å². The second-order valence-corrected chi connectivity index (χ2v) is 1.88. The molecule has 0 unspecified atom stereocenters. The molecule has 0 saturated carbocycles. The minimum Gasteiger partial charge on any atom is -0.265 e. The van der Waals surface area contributed by atoms with Crippen molar-refractivity contribution in [2.45, 2.75) is 0 Å². The number of nitrogens with zero attached hydrogens (tertiary/aromatic N) is 1.